The lowest BCUT2D eigenvalue weighted by Crippen LogP contribution is -2.50. The van der Waals surface area contributed by atoms with Crippen LogP contribution < -0.4 is 10.1 Å². The molecule has 0 bridgehead atoms. The van der Waals surface area contributed by atoms with E-state index in [4.69, 9.17) is 9.47 Å². The fraction of sp³-hybridized carbons (Fsp3) is 0.364. The maximum absolute atomic E-state index is 11.9. The minimum absolute atomic E-state index is 0.0173. The second kappa shape index (κ2) is 7.31. The Balaban J connectivity index is 1.44. The maximum Gasteiger partial charge on any atom is 0.407 e. The van der Waals surface area contributed by atoms with Crippen LogP contribution in [-0.4, -0.2) is 38.3 Å². The number of nitrogens with zero attached hydrogens (tertiary/aromatic N) is 2. The lowest BCUT2D eigenvalue weighted by Gasteiger charge is -2.36. The Morgan fingerprint density at radius 1 is 1.21 bits per heavy atom. The van der Waals surface area contributed by atoms with E-state index in [1.54, 1.807) is 24.7 Å². The third-order valence-corrected chi connectivity index (χ3v) is 4.79. The van der Waals surface area contributed by atoms with Crippen LogP contribution >= 0.6 is 0 Å². The van der Waals surface area contributed by atoms with Gasteiger partial charge in [0.15, 0.2) is 0 Å². The number of amides is 1. The number of aromatic nitrogens is 2. The molecule has 0 aliphatic heterocycles. The molecule has 2 N–H and O–H groups in total. The minimum Gasteiger partial charge on any atom is -0.508 e. The van der Waals surface area contributed by atoms with Gasteiger partial charge in [0, 0.05) is 30.6 Å². The molecule has 0 saturated heterocycles. The number of carbonyl (C=O) groups excluding carboxylic acids is 1. The Kier molecular flexibility index (Phi) is 4.82. The van der Waals surface area contributed by atoms with Gasteiger partial charge in [-0.25, -0.2) is 9.78 Å². The topological polar surface area (TPSA) is 85.1 Å². The van der Waals surface area contributed by atoms with Gasteiger partial charge in [0.2, 0.25) is 0 Å². The van der Waals surface area contributed by atoms with E-state index in [1.165, 1.54) is 0 Å². The zero-order valence-electron chi connectivity index (χ0n) is 16.8. The fourth-order valence-electron chi connectivity index (χ4n) is 3.34. The molecule has 0 radical (unpaired) electrons. The van der Waals surface area contributed by atoms with Crippen LogP contribution in [0.15, 0.2) is 49.1 Å². The highest BCUT2D eigenvalue weighted by Crippen LogP contribution is 2.33. The number of phenols is 1. The average Bonchev–Trinajstić information content (AvgIpc) is 3.07. The van der Waals surface area contributed by atoms with Gasteiger partial charge in [-0.15, -0.1) is 0 Å². The van der Waals surface area contributed by atoms with Crippen molar-refractivity contribution in [1.82, 2.24) is 14.7 Å². The quantitative estimate of drug-likeness (QED) is 0.693. The molecule has 3 aromatic rings. The summed E-state index contributed by atoms with van der Waals surface area (Å²) in [6, 6.07) is 9.08. The highest BCUT2D eigenvalue weighted by atomic mass is 16.6. The van der Waals surface area contributed by atoms with E-state index in [-0.39, 0.29) is 17.9 Å². The van der Waals surface area contributed by atoms with Crippen LogP contribution in [0.5, 0.6) is 11.5 Å². The van der Waals surface area contributed by atoms with E-state index in [1.807, 2.05) is 49.6 Å². The smallest absolute Gasteiger partial charge is 0.407 e. The van der Waals surface area contributed by atoms with Gasteiger partial charge in [-0.1, -0.05) is 12.1 Å². The summed E-state index contributed by atoms with van der Waals surface area (Å²) in [5.74, 6) is 0.973. The van der Waals surface area contributed by atoms with Gasteiger partial charge in [-0.05, 0) is 44.5 Å². The van der Waals surface area contributed by atoms with Crippen molar-refractivity contribution in [3.8, 4) is 22.6 Å². The maximum atomic E-state index is 11.9. The summed E-state index contributed by atoms with van der Waals surface area (Å²) in [6.45, 7) is 5.53. The van der Waals surface area contributed by atoms with Crippen LogP contribution in [0.25, 0.3) is 16.6 Å². The number of benzene rings is 1. The number of imidazole rings is 1. The van der Waals surface area contributed by atoms with Gasteiger partial charge in [0.1, 0.15) is 28.7 Å². The van der Waals surface area contributed by atoms with E-state index in [0.29, 0.717) is 0 Å². The Morgan fingerprint density at radius 3 is 2.62 bits per heavy atom. The van der Waals surface area contributed by atoms with Crippen LogP contribution in [0.3, 0.4) is 0 Å². The molecule has 0 spiro atoms. The van der Waals surface area contributed by atoms with Gasteiger partial charge >= 0.3 is 6.09 Å². The molecule has 2 heterocycles. The zero-order chi connectivity index (χ0) is 20.6. The number of rotatable bonds is 4. The number of alkyl carbamates (subject to hydrolysis) is 1. The van der Waals surface area contributed by atoms with Crippen molar-refractivity contribution >= 4 is 11.6 Å². The number of fused-ring (bicyclic) bond motifs is 1. The largest absolute Gasteiger partial charge is 0.508 e. The molecule has 29 heavy (non-hydrogen) atoms. The Labute approximate surface area is 169 Å². The fourth-order valence-corrected chi connectivity index (χ4v) is 3.34. The molecule has 4 rings (SSSR count). The van der Waals surface area contributed by atoms with Crippen molar-refractivity contribution < 1.29 is 19.4 Å². The highest BCUT2D eigenvalue weighted by molar-refractivity contribution is 5.71. The van der Waals surface area contributed by atoms with Crippen LogP contribution in [-0.2, 0) is 4.74 Å². The molecule has 1 fully saturated rings. The van der Waals surface area contributed by atoms with Crippen molar-refractivity contribution in [2.24, 2.45) is 0 Å². The first-order valence-corrected chi connectivity index (χ1v) is 9.68. The zero-order valence-corrected chi connectivity index (χ0v) is 16.8. The van der Waals surface area contributed by atoms with Crippen molar-refractivity contribution in [3.05, 3.63) is 49.1 Å². The monoisotopic (exact) mass is 395 g/mol. The molecule has 7 heteroatoms. The highest BCUT2D eigenvalue weighted by Gasteiger charge is 2.33. The molecule has 7 nitrogen and oxygen atoms in total. The van der Waals surface area contributed by atoms with Crippen LogP contribution in [0, 0.1) is 0 Å². The third-order valence-electron chi connectivity index (χ3n) is 4.79. The summed E-state index contributed by atoms with van der Waals surface area (Å²) in [5.41, 5.74) is 2.32. The first kappa shape index (κ1) is 19.1. The molecule has 2 aromatic heterocycles. The molecular weight excluding hydrogens is 370 g/mol. The molecular formula is C22H25N3O4. The summed E-state index contributed by atoms with van der Waals surface area (Å²) in [6.07, 6.45) is 6.56. The van der Waals surface area contributed by atoms with Crippen molar-refractivity contribution in [2.45, 2.75) is 51.4 Å². The van der Waals surface area contributed by atoms with Crippen LogP contribution in [0.1, 0.15) is 33.6 Å². The Morgan fingerprint density at radius 2 is 1.93 bits per heavy atom. The summed E-state index contributed by atoms with van der Waals surface area (Å²) in [7, 11) is 0. The second-order valence-corrected chi connectivity index (χ2v) is 8.38. The van der Waals surface area contributed by atoms with E-state index in [0.717, 1.165) is 35.2 Å². The number of hydrogen-bond donors (Lipinski definition) is 2. The summed E-state index contributed by atoms with van der Waals surface area (Å²) >= 11 is 0. The van der Waals surface area contributed by atoms with Crippen molar-refractivity contribution in [1.29, 1.82) is 0 Å². The molecule has 1 aromatic carbocycles. The average molecular weight is 395 g/mol. The van der Waals surface area contributed by atoms with Gasteiger partial charge in [0.25, 0.3) is 0 Å². The third kappa shape index (κ3) is 4.45. The summed E-state index contributed by atoms with van der Waals surface area (Å²) in [4.78, 5) is 16.1. The Hall–Kier alpha value is -3.22. The molecule has 0 unspecified atom stereocenters. The van der Waals surface area contributed by atoms with Crippen LogP contribution in [0.2, 0.25) is 0 Å². The van der Waals surface area contributed by atoms with Crippen molar-refractivity contribution in [3.63, 3.8) is 0 Å². The number of hydrogen-bond acceptors (Lipinski definition) is 5. The number of aromatic hydroxyl groups is 1. The number of phenolic OH excluding ortho intramolecular Hbond substituents is 1. The van der Waals surface area contributed by atoms with E-state index in [2.05, 4.69) is 10.3 Å². The van der Waals surface area contributed by atoms with Crippen LogP contribution in [0.4, 0.5) is 4.79 Å². The standard InChI is InChI=1S/C22H25N3O4/c1-22(2,3)29-21(27)24-16-9-18(10-16)28-20-8-15(12-25-13-23-11-19(20)25)14-4-6-17(26)7-5-14/h4-8,11-13,16,18,26H,9-10H2,1-3H3,(H,24,27)/t16-,18-. The molecule has 0 atom stereocenters. The van der Waals surface area contributed by atoms with E-state index in [9.17, 15) is 9.90 Å². The lowest BCUT2D eigenvalue weighted by molar-refractivity contribution is 0.0365. The predicted molar refractivity (Wildman–Crippen MR) is 109 cm³/mol. The first-order valence-electron chi connectivity index (χ1n) is 9.68. The van der Waals surface area contributed by atoms with Gasteiger partial charge < -0.3 is 24.3 Å². The SMILES string of the molecule is CC(C)(C)OC(=O)N[C@H]1C[C@H](Oc2cc(-c3ccc(O)cc3)cn3cncc23)C1. The molecule has 1 aliphatic rings. The minimum atomic E-state index is -0.508. The number of carbonyl (C=O) groups is 1. The van der Waals surface area contributed by atoms with E-state index >= 15 is 0 Å². The van der Waals surface area contributed by atoms with Crippen molar-refractivity contribution in [2.75, 3.05) is 0 Å². The lowest BCUT2D eigenvalue weighted by atomic mass is 9.89. The predicted octanol–water partition coefficient (Wildman–Crippen LogP) is 4.14. The van der Waals surface area contributed by atoms with Gasteiger partial charge in [-0.2, -0.15) is 0 Å². The normalized spacial score (nSPS) is 18.9. The van der Waals surface area contributed by atoms with E-state index < -0.39 is 11.7 Å². The second-order valence-electron chi connectivity index (χ2n) is 8.38. The summed E-state index contributed by atoms with van der Waals surface area (Å²) in [5, 5.41) is 12.4. The van der Waals surface area contributed by atoms with Gasteiger partial charge in [-0.3, -0.25) is 0 Å². The number of ether oxygens (including phenoxy) is 2. The molecule has 152 valence electrons. The number of nitrogens with one attached hydrogen (secondary N) is 1. The van der Waals surface area contributed by atoms with Gasteiger partial charge in [0.05, 0.1) is 12.5 Å². The molecule has 1 aliphatic carbocycles. The summed E-state index contributed by atoms with van der Waals surface area (Å²) < 4.78 is 13.4. The molecule has 1 saturated carbocycles. The molecule has 1 amide bonds. The Bertz CT molecular complexity index is 1010. The number of pyridine rings is 1. The first-order chi connectivity index (χ1) is 13.8.